The van der Waals surface area contributed by atoms with Gasteiger partial charge in [-0.3, -0.25) is 0 Å². The molecule has 0 saturated carbocycles. The molecule has 0 radical (unpaired) electrons. The molecular formula is C33H44O4Si4. The van der Waals surface area contributed by atoms with Crippen molar-refractivity contribution < 1.29 is 19.2 Å². The average molecular weight is 617 g/mol. The van der Waals surface area contributed by atoms with Crippen LogP contribution in [-0.2, 0) is 5.41 Å². The molecule has 216 valence electrons. The zero-order valence-electron chi connectivity index (χ0n) is 25.5. The Labute approximate surface area is 249 Å². The minimum atomic E-state index is -2.51. The molecule has 0 heterocycles. The van der Waals surface area contributed by atoms with Crippen molar-refractivity contribution in [2.24, 2.45) is 0 Å². The van der Waals surface area contributed by atoms with Crippen LogP contribution in [-0.4, -0.2) is 52.5 Å². The summed E-state index contributed by atoms with van der Waals surface area (Å²) in [5.74, 6) is 0. The molecule has 0 aliphatic rings. The molecule has 0 saturated heterocycles. The molecule has 0 atom stereocenters. The van der Waals surface area contributed by atoms with Crippen LogP contribution in [0.5, 0.6) is 0 Å². The van der Waals surface area contributed by atoms with Gasteiger partial charge < -0.3 is 19.2 Å². The number of hydrogen-bond acceptors (Lipinski definition) is 4. The number of rotatable bonds is 8. The topological polar surface area (TPSA) is 80.9 Å². The lowest BCUT2D eigenvalue weighted by atomic mass is 9.65. The van der Waals surface area contributed by atoms with Crippen LogP contribution in [0.4, 0.5) is 0 Å². The van der Waals surface area contributed by atoms with Gasteiger partial charge in [-0.15, -0.1) is 0 Å². The molecule has 4 aromatic rings. The Morgan fingerprint density at radius 2 is 0.463 bits per heavy atom. The van der Waals surface area contributed by atoms with Crippen LogP contribution in [0, 0.1) is 0 Å². The summed E-state index contributed by atoms with van der Waals surface area (Å²) < 4.78 is 0. The third kappa shape index (κ3) is 6.50. The third-order valence-electron chi connectivity index (χ3n) is 8.10. The van der Waals surface area contributed by atoms with Gasteiger partial charge in [-0.2, -0.15) is 0 Å². The van der Waals surface area contributed by atoms with E-state index < -0.39 is 38.7 Å². The third-order valence-corrected chi connectivity index (χ3v) is 15.1. The molecule has 0 spiro atoms. The molecule has 0 fully saturated rings. The van der Waals surface area contributed by atoms with Crippen molar-refractivity contribution in [3.63, 3.8) is 0 Å². The SMILES string of the molecule is C[Si](C)(O)c1ccc(C(c2ccc([Si](C)(C)O)cc2)(c2ccc([Si](C)(C)O)cc2)c2ccc([Si](C)(C)O)cc2)cc1. The first-order valence-electron chi connectivity index (χ1n) is 14.2. The van der Waals surface area contributed by atoms with Gasteiger partial charge in [0.25, 0.3) is 0 Å². The van der Waals surface area contributed by atoms with Crippen LogP contribution >= 0.6 is 0 Å². The lowest BCUT2D eigenvalue weighted by Crippen LogP contribution is -2.43. The van der Waals surface area contributed by atoms with Crippen LogP contribution in [0.1, 0.15) is 22.3 Å². The summed E-state index contributed by atoms with van der Waals surface area (Å²) in [6, 6.07) is 33.3. The van der Waals surface area contributed by atoms with E-state index in [9.17, 15) is 19.2 Å². The second-order valence-electron chi connectivity index (χ2n) is 13.3. The Balaban J connectivity index is 2.09. The highest BCUT2D eigenvalue weighted by molar-refractivity contribution is 6.84. The summed E-state index contributed by atoms with van der Waals surface area (Å²) in [5.41, 5.74) is 3.48. The molecule has 0 bridgehead atoms. The molecule has 4 N–H and O–H groups in total. The van der Waals surface area contributed by atoms with Crippen LogP contribution < -0.4 is 20.7 Å². The maximum Gasteiger partial charge on any atom is 0.213 e. The van der Waals surface area contributed by atoms with Gasteiger partial charge in [-0.1, -0.05) is 97.1 Å². The van der Waals surface area contributed by atoms with Gasteiger partial charge in [0.1, 0.15) is 0 Å². The van der Waals surface area contributed by atoms with Crippen molar-refractivity contribution in [2.75, 3.05) is 0 Å². The van der Waals surface area contributed by atoms with Crippen LogP contribution in [0.3, 0.4) is 0 Å². The van der Waals surface area contributed by atoms with Crippen molar-refractivity contribution in [1.82, 2.24) is 0 Å². The highest BCUT2D eigenvalue weighted by atomic mass is 28.4. The Hall–Kier alpha value is -2.41. The Morgan fingerprint density at radius 3 is 0.585 bits per heavy atom. The fourth-order valence-corrected chi connectivity index (χ4v) is 9.44. The largest absolute Gasteiger partial charge is 0.428 e. The molecule has 4 nitrogen and oxygen atoms in total. The maximum atomic E-state index is 10.8. The van der Waals surface area contributed by atoms with Gasteiger partial charge in [0.05, 0.1) is 5.41 Å². The molecule has 0 amide bonds. The van der Waals surface area contributed by atoms with E-state index in [1.54, 1.807) is 0 Å². The molecular weight excluding hydrogens is 573 g/mol. The molecule has 4 aromatic carbocycles. The summed E-state index contributed by atoms with van der Waals surface area (Å²) in [6.07, 6.45) is 0. The average Bonchev–Trinajstić information content (AvgIpc) is 2.88. The van der Waals surface area contributed by atoms with Crippen LogP contribution in [0.25, 0.3) is 0 Å². The van der Waals surface area contributed by atoms with Gasteiger partial charge in [-0.25, -0.2) is 0 Å². The lowest BCUT2D eigenvalue weighted by molar-refractivity contribution is 0.567. The van der Waals surface area contributed by atoms with E-state index in [1.165, 1.54) is 0 Å². The van der Waals surface area contributed by atoms with Gasteiger partial charge in [-0.05, 0) is 95.4 Å². The molecule has 0 aliphatic carbocycles. The van der Waals surface area contributed by atoms with Crippen molar-refractivity contribution in [3.8, 4) is 0 Å². The van der Waals surface area contributed by atoms with Gasteiger partial charge in [0.2, 0.25) is 33.3 Å². The van der Waals surface area contributed by atoms with E-state index in [4.69, 9.17) is 0 Å². The molecule has 8 heteroatoms. The van der Waals surface area contributed by atoms with Crippen LogP contribution in [0.15, 0.2) is 97.1 Å². The number of benzene rings is 4. The predicted octanol–water partition coefficient (Wildman–Crippen LogP) is 3.69. The first kappa shape index (κ1) is 31.5. The Morgan fingerprint density at radius 1 is 0.317 bits per heavy atom. The highest BCUT2D eigenvalue weighted by Gasteiger charge is 2.40. The van der Waals surface area contributed by atoms with Crippen LogP contribution in [0.2, 0.25) is 52.4 Å². The molecule has 0 unspecified atom stereocenters. The Kier molecular flexibility index (Phi) is 8.47. The van der Waals surface area contributed by atoms with Crippen molar-refractivity contribution >= 4 is 54.0 Å². The normalized spacial score (nSPS) is 13.4. The highest BCUT2D eigenvalue weighted by Crippen LogP contribution is 2.44. The van der Waals surface area contributed by atoms with E-state index in [1.807, 2.05) is 101 Å². The fraction of sp³-hybridized carbons (Fsp3) is 0.273. The van der Waals surface area contributed by atoms with E-state index in [0.717, 1.165) is 43.0 Å². The van der Waals surface area contributed by atoms with E-state index in [-0.39, 0.29) is 0 Å². The minimum absolute atomic E-state index is 0.723. The smallest absolute Gasteiger partial charge is 0.213 e. The van der Waals surface area contributed by atoms with Gasteiger partial charge in [0, 0.05) is 0 Å². The van der Waals surface area contributed by atoms with Crippen molar-refractivity contribution in [2.45, 2.75) is 57.8 Å². The van der Waals surface area contributed by atoms with E-state index >= 15 is 0 Å². The second kappa shape index (κ2) is 11.0. The lowest BCUT2D eigenvalue weighted by Gasteiger charge is -2.38. The first-order chi connectivity index (χ1) is 18.8. The molecule has 0 aromatic heterocycles. The van der Waals surface area contributed by atoms with Crippen molar-refractivity contribution in [3.05, 3.63) is 119 Å². The zero-order chi connectivity index (χ0) is 30.4. The summed E-state index contributed by atoms with van der Waals surface area (Å²) >= 11 is 0. The fourth-order valence-electron chi connectivity index (χ4n) is 5.51. The summed E-state index contributed by atoms with van der Waals surface area (Å²) in [6.45, 7) is 15.4. The zero-order valence-corrected chi connectivity index (χ0v) is 29.5. The summed E-state index contributed by atoms with van der Waals surface area (Å²) in [4.78, 5) is 43.3. The monoisotopic (exact) mass is 616 g/mol. The van der Waals surface area contributed by atoms with E-state index in [2.05, 4.69) is 48.5 Å². The van der Waals surface area contributed by atoms with Gasteiger partial charge >= 0.3 is 0 Å². The first-order valence-corrected chi connectivity index (χ1v) is 26.0. The minimum Gasteiger partial charge on any atom is -0.428 e. The van der Waals surface area contributed by atoms with Gasteiger partial charge in [0.15, 0.2) is 0 Å². The predicted molar refractivity (Wildman–Crippen MR) is 182 cm³/mol. The number of hydrogen-bond donors (Lipinski definition) is 4. The molecule has 0 aliphatic heterocycles. The van der Waals surface area contributed by atoms with E-state index in [0.29, 0.717) is 0 Å². The van der Waals surface area contributed by atoms with Crippen molar-refractivity contribution in [1.29, 1.82) is 0 Å². The molecule has 4 rings (SSSR count). The quantitative estimate of drug-likeness (QED) is 0.180. The standard InChI is InChI=1S/C33H44O4Si4/c1-38(2,34)29-17-9-25(10-18-29)33(26-11-19-30(20-12-26)39(3,4)35,27-13-21-31(22-14-27)40(5,6)36)28-15-23-32(24-16-28)41(7,8)37/h9-24,34-37H,1-8H3. The summed E-state index contributed by atoms with van der Waals surface area (Å²) in [5, 5.41) is 3.85. The second-order valence-corrected chi connectivity index (χ2v) is 28.1. The summed E-state index contributed by atoms with van der Waals surface area (Å²) in [7, 11) is -10.0. The maximum absolute atomic E-state index is 10.8. The molecule has 41 heavy (non-hydrogen) atoms. The Bertz CT molecular complexity index is 1240.